The van der Waals surface area contributed by atoms with Gasteiger partial charge in [0.15, 0.2) is 0 Å². The molecule has 1 aliphatic rings. The minimum absolute atomic E-state index is 0.485. The minimum atomic E-state index is 0.485. The molecule has 0 aromatic heterocycles. The first-order chi connectivity index (χ1) is 16.4. The number of hydrogen-bond donors (Lipinski definition) is 1. The molecule has 2 nitrogen and oxygen atoms in total. The summed E-state index contributed by atoms with van der Waals surface area (Å²) in [6, 6.07) is 18.8. The largest absolute Gasteiger partial charge is 0.375 e. The lowest BCUT2D eigenvalue weighted by Gasteiger charge is -2.24. The number of hydrogen-bond acceptors (Lipinski definition) is 1. The van der Waals surface area contributed by atoms with E-state index in [-0.39, 0.29) is 0 Å². The summed E-state index contributed by atoms with van der Waals surface area (Å²) in [7, 11) is 0. The zero-order valence-corrected chi connectivity index (χ0v) is 23.8. The number of ether oxygens (including phenoxy) is 1. The van der Waals surface area contributed by atoms with Crippen LogP contribution in [0.15, 0.2) is 67.3 Å². The van der Waals surface area contributed by atoms with Gasteiger partial charge in [-0.2, -0.15) is 0 Å². The SMILES string of the molecule is C=CCC1CCC(c2ccc(Cl)cc2)[NH2+]C(C(C)C)COC1.CC.CCC.Clc1ccccc1. The van der Waals surface area contributed by atoms with E-state index < -0.39 is 0 Å². The van der Waals surface area contributed by atoms with Gasteiger partial charge in [0.1, 0.15) is 12.1 Å². The molecule has 0 aliphatic carbocycles. The van der Waals surface area contributed by atoms with Crippen LogP contribution in [0.1, 0.15) is 78.8 Å². The summed E-state index contributed by atoms with van der Waals surface area (Å²) >= 11 is 11.6. The van der Waals surface area contributed by atoms with Crippen LogP contribution in [0.4, 0.5) is 0 Å². The maximum absolute atomic E-state index is 6.04. The Morgan fingerprint density at radius 2 is 1.50 bits per heavy atom. The number of halogens is 2. The van der Waals surface area contributed by atoms with Crippen LogP contribution in [-0.2, 0) is 4.74 Å². The maximum Gasteiger partial charge on any atom is 0.112 e. The summed E-state index contributed by atoms with van der Waals surface area (Å²) in [5.41, 5.74) is 1.37. The van der Waals surface area contributed by atoms with Crippen molar-refractivity contribution in [3.63, 3.8) is 0 Å². The molecule has 2 aromatic rings. The Labute approximate surface area is 220 Å². The van der Waals surface area contributed by atoms with Crippen molar-refractivity contribution in [2.24, 2.45) is 11.8 Å². The van der Waals surface area contributed by atoms with Gasteiger partial charge >= 0.3 is 0 Å². The first-order valence-electron chi connectivity index (χ1n) is 12.9. The predicted molar refractivity (Wildman–Crippen MR) is 152 cm³/mol. The zero-order valence-electron chi connectivity index (χ0n) is 22.3. The summed E-state index contributed by atoms with van der Waals surface area (Å²) in [6.45, 7) is 18.4. The van der Waals surface area contributed by atoms with Crippen LogP contribution in [0.5, 0.6) is 0 Å². The van der Waals surface area contributed by atoms with Crippen molar-refractivity contribution in [2.45, 2.75) is 79.3 Å². The molecular formula is C30H48Cl2NO+. The van der Waals surface area contributed by atoms with Crippen LogP contribution >= 0.6 is 23.2 Å². The average molecular weight is 510 g/mol. The second-order valence-electron chi connectivity index (χ2n) is 8.77. The highest BCUT2D eigenvalue weighted by Crippen LogP contribution is 2.23. The van der Waals surface area contributed by atoms with Crippen LogP contribution < -0.4 is 5.32 Å². The van der Waals surface area contributed by atoms with E-state index in [0.717, 1.165) is 29.7 Å². The Balaban J connectivity index is 0.000000750. The summed E-state index contributed by atoms with van der Waals surface area (Å²) in [6.07, 6.45) is 6.67. The molecule has 0 saturated carbocycles. The molecule has 0 spiro atoms. The Bertz CT molecular complexity index is 718. The van der Waals surface area contributed by atoms with E-state index in [4.69, 9.17) is 27.9 Å². The van der Waals surface area contributed by atoms with Gasteiger partial charge < -0.3 is 10.1 Å². The van der Waals surface area contributed by atoms with E-state index >= 15 is 0 Å². The van der Waals surface area contributed by atoms with Crippen LogP contribution in [0, 0.1) is 11.8 Å². The smallest absolute Gasteiger partial charge is 0.112 e. The Hall–Kier alpha value is -1.32. The molecule has 2 N–H and O–H groups in total. The number of rotatable bonds is 4. The Morgan fingerprint density at radius 3 is 1.97 bits per heavy atom. The first-order valence-corrected chi connectivity index (χ1v) is 13.7. The normalized spacial score (nSPS) is 20.0. The molecule has 0 amide bonds. The topological polar surface area (TPSA) is 25.8 Å². The number of quaternary nitrogens is 1. The summed E-state index contributed by atoms with van der Waals surface area (Å²) in [5, 5.41) is 4.10. The lowest BCUT2D eigenvalue weighted by molar-refractivity contribution is -0.735. The third kappa shape index (κ3) is 14.8. The van der Waals surface area contributed by atoms with E-state index in [1.807, 2.05) is 62.4 Å². The van der Waals surface area contributed by atoms with Crippen LogP contribution in [-0.4, -0.2) is 19.3 Å². The van der Waals surface area contributed by atoms with Crippen molar-refractivity contribution in [3.05, 3.63) is 82.9 Å². The highest BCUT2D eigenvalue weighted by Gasteiger charge is 2.27. The van der Waals surface area contributed by atoms with Gasteiger partial charge in [-0.15, -0.1) is 6.58 Å². The molecule has 192 valence electrons. The van der Waals surface area contributed by atoms with Gasteiger partial charge in [-0.3, -0.25) is 0 Å². The minimum Gasteiger partial charge on any atom is -0.375 e. The van der Waals surface area contributed by atoms with E-state index in [0.29, 0.717) is 23.9 Å². The summed E-state index contributed by atoms with van der Waals surface area (Å²) in [5.74, 6) is 1.19. The third-order valence-corrected chi connectivity index (χ3v) is 5.92. The second-order valence-corrected chi connectivity index (χ2v) is 9.64. The fraction of sp³-hybridized carbons (Fsp3) is 0.533. The predicted octanol–water partition coefficient (Wildman–Crippen LogP) is 8.75. The quantitative estimate of drug-likeness (QED) is 0.410. The van der Waals surface area contributed by atoms with Crippen molar-refractivity contribution in [1.82, 2.24) is 0 Å². The molecule has 1 heterocycles. The molecule has 1 fully saturated rings. The lowest BCUT2D eigenvalue weighted by atomic mass is 9.93. The molecular weight excluding hydrogens is 461 g/mol. The van der Waals surface area contributed by atoms with Gasteiger partial charge in [-0.1, -0.05) is 108 Å². The van der Waals surface area contributed by atoms with Gasteiger partial charge in [0.25, 0.3) is 0 Å². The Kier molecular flexibility index (Phi) is 20.2. The molecule has 0 radical (unpaired) electrons. The summed E-state index contributed by atoms with van der Waals surface area (Å²) in [4.78, 5) is 0. The molecule has 0 bridgehead atoms. The molecule has 3 rings (SSSR count). The van der Waals surface area contributed by atoms with E-state index in [9.17, 15) is 0 Å². The summed E-state index contributed by atoms with van der Waals surface area (Å²) < 4.78 is 6.00. The highest BCUT2D eigenvalue weighted by molar-refractivity contribution is 6.30. The van der Waals surface area contributed by atoms with Gasteiger partial charge in [0.05, 0.1) is 6.61 Å². The van der Waals surface area contributed by atoms with Crippen molar-refractivity contribution in [3.8, 4) is 0 Å². The van der Waals surface area contributed by atoms with Gasteiger partial charge in [0, 0.05) is 34.6 Å². The monoisotopic (exact) mass is 508 g/mol. The molecule has 1 saturated heterocycles. The number of benzene rings is 2. The van der Waals surface area contributed by atoms with Gasteiger partial charge in [-0.25, -0.2) is 0 Å². The van der Waals surface area contributed by atoms with Crippen LogP contribution in [0.3, 0.4) is 0 Å². The number of nitrogens with two attached hydrogens (primary N) is 1. The molecule has 34 heavy (non-hydrogen) atoms. The first kappa shape index (κ1) is 32.7. The fourth-order valence-electron chi connectivity index (χ4n) is 3.56. The molecule has 3 unspecified atom stereocenters. The van der Waals surface area contributed by atoms with Crippen molar-refractivity contribution >= 4 is 23.2 Å². The average Bonchev–Trinajstić information content (AvgIpc) is 2.94. The third-order valence-electron chi connectivity index (χ3n) is 5.42. The van der Waals surface area contributed by atoms with Gasteiger partial charge in [0.2, 0.25) is 0 Å². The van der Waals surface area contributed by atoms with Crippen molar-refractivity contribution < 1.29 is 10.1 Å². The molecule has 1 aliphatic heterocycles. The van der Waals surface area contributed by atoms with Gasteiger partial charge in [-0.05, 0) is 43.0 Å². The molecule has 2 aromatic carbocycles. The van der Waals surface area contributed by atoms with E-state index in [1.165, 1.54) is 24.8 Å². The fourth-order valence-corrected chi connectivity index (χ4v) is 3.83. The maximum atomic E-state index is 6.04. The molecule has 3 atom stereocenters. The highest BCUT2D eigenvalue weighted by atomic mass is 35.5. The number of allylic oxidation sites excluding steroid dienone is 1. The van der Waals surface area contributed by atoms with Crippen molar-refractivity contribution in [2.75, 3.05) is 13.2 Å². The van der Waals surface area contributed by atoms with E-state index in [2.05, 4.69) is 51.7 Å². The zero-order chi connectivity index (χ0) is 25.8. The van der Waals surface area contributed by atoms with E-state index in [1.54, 1.807) is 0 Å². The lowest BCUT2D eigenvalue weighted by Crippen LogP contribution is -2.93. The van der Waals surface area contributed by atoms with Crippen molar-refractivity contribution in [1.29, 1.82) is 0 Å². The second kappa shape index (κ2) is 21.0. The Morgan fingerprint density at radius 1 is 0.941 bits per heavy atom. The van der Waals surface area contributed by atoms with Crippen LogP contribution in [0.25, 0.3) is 0 Å². The standard InChI is InChI=1S/C19H28ClNO.C6H5Cl.C3H8.C2H6/c1-4-5-15-6-11-18(16-7-9-17(20)10-8-16)21-19(14(2)3)13-22-12-15;7-6-4-2-1-3-5-6;1-3-2;1-2/h4,7-10,14-15,18-19,21H,1,5-6,11-13H2,2-3H3;1-5H;3H2,1-2H3;1-2H3/p+1. The molecule has 4 heteroatoms. The van der Waals surface area contributed by atoms with Crippen LogP contribution in [0.2, 0.25) is 10.0 Å².